The summed E-state index contributed by atoms with van der Waals surface area (Å²) in [6.07, 6.45) is 0. The molecule has 0 aromatic heterocycles. The molecule has 0 spiro atoms. The Kier molecular flexibility index (Phi) is 5.73. The standard InChI is InChI=1S/C15H12ClN3O5S/c1-24-10-4-2-8(3-5-10)14(21)18-15(25)17-12-7-9(19(22)23)6-11(16)13(12)20/h2-7,20H,1H3,(H2,17,18,21,25). The number of benzene rings is 2. The van der Waals surface area contributed by atoms with Crippen LogP contribution >= 0.6 is 23.8 Å². The average Bonchev–Trinajstić information content (AvgIpc) is 2.58. The zero-order valence-corrected chi connectivity index (χ0v) is 14.4. The summed E-state index contributed by atoms with van der Waals surface area (Å²) in [5.41, 5.74) is -0.111. The Morgan fingerprint density at radius 1 is 1.32 bits per heavy atom. The van der Waals surface area contributed by atoms with E-state index in [1.165, 1.54) is 7.11 Å². The van der Waals surface area contributed by atoms with E-state index in [0.717, 1.165) is 12.1 Å². The Hall–Kier alpha value is -2.91. The molecule has 0 radical (unpaired) electrons. The summed E-state index contributed by atoms with van der Waals surface area (Å²) in [4.78, 5) is 22.3. The van der Waals surface area contributed by atoms with Gasteiger partial charge in [0.1, 0.15) is 5.75 Å². The van der Waals surface area contributed by atoms with E-state index in [2.05, 4.69) is 10.6 Å². The Morgan fingerprint density at radius 3 is 2.52 bits per heavy atom. The number of aromatic hydroxyl groups is 1. The number of nitro groups is 1. The van der Waals surface area contributed by atoms with Gasteiger partial charge in [0, 0.05) is 17.7 Å². The second kappa shape index (κ2) is 7.77. The maximum atomic E-state index is 12.1. The van der Waals surface area contributed by atoms with E-state index in [4.69, 9.17) is 28.6 Å². The van der Waals surface area contributed by atoms with Crippen LogP contribution in [-0.2, 0) is 0 Å². The predicted molar refractivity (Wildman–Crippen MR) is 96.5 cm³/mol. The van der Waals surface area contributed by atoms with Crippen molar-refractivity contribution in [3.8, 4) is 11.5 Å². The van der Waals surface area contributed by atoms with Crippen LogP contribution in [0.3, 0.4) is 0 Å². The van der Waals surface area contributed by atoms with Crippen molar-refractivity contribution in [1.29, 1.82) is 0 Å². The molecule has 10 heteroatoms. The summed E-state index contributed by atoms with van der Waals surface area (Å²) in [5.74, 6) is -0.335. The van der Waals surface area contributed by atoms with Gasteiger partial charge < -0.3 is 15.2 Å². The van der Waals surface area contributed by atoms with E-state index in [1.807, 2.05) is 0 Å². The van der Waals surface area contributed by atoms with Gasteiger partial charge in [0.15, 0.2) is 10.9 Å². The number of hydrogen-bond acceptors (Lipinski definition) is 6. The minimum atomic E-state index is -0.671. The van der Waals surface area contributed by atoms with Crippen molar-refractivity contribution in [1.82, 2.24) is 5.32 Å². The number of amides is 1. The van der Waals surface area contributed by atoms with Crippen molar-refractivity contribution in [2.75, 3.05) is 12.4 Å². The highest BCUT2D eigenvalue weighted by Crippen LogP contribution is 2.35. The van der Waals surface area contributed by atoms with Crippen molar-refractivity contribution in [2.24, 2.45) is 0 Å². The molecule has 0 saturated carbocycles. The molecule has 130 valence electrons. The van der Waals surface area contributed by atoms with Crippen LogP contribution in [0.2, 0.25) is 5.02 Å². The molecule has 0 fully saturated rings. The fourth-order valence-electron chi connectivity index (χ4n) is 1.86. The number of carbonyl (C=O) groups excluding carboxylic acids is 1. The number of ether oxygens (including phenoxy) is 1. The molecule has 2 aromatic carbocycles. The lowest BCUT2D eigenvalue weighted by Gasteiger charge is -2.12. The summed E-state index contributed by atoms with van der Waals surface area (Å²) in [6, 6.07) is 8.35. The number of phenols is 1. The fourth-order valence-corrected chi connectivity index (χ4v) is 2.27. The van der Waals surface area contributed by atoms with Gasteiger partial charge in [-0.05, 0) is 36.5 Å². The summed E-state index contributed by atoms with van der Waals surface area (Å²) in [7, 11) is 1.50. The highest BCUT2D eigenvalue weighted by molar-refractivity contribution is 7.80. The Balaban J connectivity index is 2.11. The van der Waals surface area contributed by atoms with Gasteiger partial charge in [-0.15, -0.1) is 0 Å². The molecule has 8 nitrogen and oxygen atoms in total. The Morgan fingerprint density at radius 2 is 1.96 bits per heavy atom. The highest BCUT2D eigenvalue weighted by Gasteiger charge is 2.17. The molecule has 3 N–H and O–H groups in total. The number of thiocarbonyl (C=S) groups is 1. The third-order valence-electron chi connectivity index (χ3n) is 3.09. The van der Waals surface area contributed by atoms with Crippen LogP contribution in [0.1, 0.15) is 10.4 Å². The van der Waals surface area contributed by atoms with E-state index >= 15 is 0 Å². The van der Waals surface area contributed by atoms with Crippen LogP contribution in [0.4, 0.5) is 11.4 Å². The molecule has 25 heavy (non-hydrogen) atoms. The molecule has 0 aliphatic carbocycles. The summed E-state index contributed by atoms with van der Waals surface area (Å²) in [6.45, 7) is 0. The number of phenolic OH excluding ortho intramolecular Hbond substituents is 1. The SMILES string of the molecule is COc1ccc(C(=O)NC(=S)Nc2cc([N+](=O)[O-])cc(Cl)c2O)cc1. The van der Waals surface area contributed by atoms with Gasteiger partial charge in [-0.2, -0.15) is 0 Å². The first-order chi connectivity index (χ1) is 11.8. The van der Waals surface area contributed by atoms with Crippen molar-refractivity contribution < 1.29 is 19.6 Å². The molecule has 2 aromatic rings. The molecule has 1 amide bonds. The fraction of sp³-hybridized carbons (Fsp3) is 0.0667. The van der Waals surface area contributed by atoms with Gasteiger partial charge in [0.2, 0.25) is 0 Å². The number of anilines is 1. The van der Waals surface area contributed by atoms with Crippen LogP contribution in [-0.4, -0.2) is 28.2 Å². The van der Waals surface area contributed by atoms with Crippen LogP contribution < -0.4 is 15.4 Å². The number of nitro benzene ring substituents is 1. The van der Waals surface area contributed by atoms with Gasteiger partial charge in [-0.3, -0.25) is 20.2 Å². The average molecular weight is 382 g/mol. The quantitative estimate of drug-likeness (QED) is 0.322. The summed E-state index contributed by atoms with van der Waals surface area (Å²) < 4.78 is 5.00. The second-order valence-corrected chi connectivity index (χ2v) is 5.53. The van der Waals surface area contributed by atoms with E-state index in [9.17, 15) is 20.0 Å². The lowest BCUT2D eigenvalue weighted by atomic mass is 10.2. The van der Waals surface area contributed by atoms with Crippen LogP contribution in [0, 0.1) is 10.1 Å². The van der Waals surface area contributed by atoms with Gasteiger partial charge in [-0.1, -0.05) is 11.6 Å². The number of halogens is 1. The first-order valence-corrected chi connectivity index (χ1v) is 7.53. The Labute approximate surface area is 152 Å². The monoisotopic (exact) mass is 381 g/mol. The maximum Gasteiger partial charge on any atom is 0.273 e. The number of nitrogens with zero attached hydrogens (tertiary/aromatic N) is 1. The lowest BCUT2D eigenvalue weighted by Crippen LogP contribution is -2.34. The zero-order chi connectivity index (χ0) is 18.6. The number of carbonyl (C=O) groups is 1. The van der Waals surface area contributed by atoms with Gasteiger partial charge in [0.25, 0.3) is 11.6 Å². The molecule has 2 rings (SSSR count). The number of methoxy groups -OCH3 is 1. The number of non-ortho nitro benzene ring substituents is 1. The summed E-state index contributed by atoms with van der Waals surface area (Å²) >= 11 is 10.7. The van der Waals surface area contributed by atoms with Crippen LogP contribution in [0.5, 0.6) is 11.5 Å². The van der Waals surface area contributed by atoms with Crippen LogP contribution in [0.15, 0.2) is 36.4 Å². The van der Waals surface area contributed by atoms with Crippen molar-refractivity contribution in [2.45, 2.75) is 0 Å². The van der Waals surface area contributed by atoms with Crippen molar-refractivity contribution in [3.05, 3.63) is 57.1 Å². The number of hydrogen-bond donors (Lipinski definition) is 3. The van der Waals surface area contributed by atoms with Gasteiger partial charge >= 0.3 is 0 Å². The molecule has 0 aliphatic heterocycles. The summed E-state index contributed by atoms with van der Waals surface area (Å²) in [5, 5.41) is 25.2. The lowest BCUT2D eigenvalue weighted by molar-refractivity contribution is -0.384. The zero-order valence-electron chi connectivity index (χ0n) is 12.8. The van der Waals surface area contributed by atoms with Crippen molar-refractivity contribution >= 4 is 46.2 Å². The second-order valence-electron chi connectivity index (χ2n) is 4.72. The molecule has 0 aliphatic rings. The molecule has 0 unspecified atom stereocenters. The van der Waals surface area contributed by atoms with Crippen LogP contribution in [0.25, 0.3) is 0 Å². The largest absolute Gasteiger partial charge is 0.504 e. The molecule has 0 saturated heterocycles. The highest BCUT2D eigenvalue weighted by atomic mass is 35.5. The Bertz CT molecular complexity index is 842. The maximum absolute atomic E-state index is 12.1. The van der Waals surface area contributed by atoms with Gasteiger partial charge in [-0.25, -0.2) is 0 Å². The molecule has 0 heterocycles. The number of nitrogens with one attached hydrogen (secondary N) is 2. The van der Waals surface area contributed by atoms with E-state index in [1.54, 1.807) is 24.3 Å². The van der Waals surface area contributed by atoms with E-state index in [0.29, 0.717) is 11.3 Å². The molecule has 0 atom stereocenters. The first kappa shape index (κ1) is 18.4. The third kappa shape index (κ3) is 4.55. The predicted octanol–water partition coefficient (Wildman–Crippen LogP) is 3.09. The minimum absolute atomic E-state index is 0.0979. The van der Waals surface area contributed by atoms with E-state index in [-0.39, 0.29) is 21.5 Å². The molecule has 0 bridgehead atoms. The first-order valence-electron chi connectivity index (χ1n) is 6.75. The normalized spacial score (nSPS) is 10.0. The topological polar surface area (TPSA) is 114 Å². The third-order valence-corrected chi connectivity index (χ3v) is 3.58. The smallest absolute Gasteiger partial charge is 0.273 e. The van der Waals surface area contributed by atoms with Crippen molar-refractivity contribution in [3.63, 3.8) is 0 Å². The van der Waals surface area contributed by atoms with Gasteiger partial charge in [0.05, 0.1) is 22.7 Å². The minimum Gasteiger partial charge on any atom is -0.504 e. The van der Waals surface area contributed by atoms with E-state index < -0.39 is 16.6 Å². The molecular formula is C15H12ClN3O5S. The number of rotatable bonds is 4. The molecular weight excluding hydrogens is 370 g/mol.